The molecule has 1 aliphatic heterocycles. The van der Waals surface area contributed by atoms with E-state index in [0.717, 1.165) is 12.8 Å². The van der Waals surface area contributed by atoms with Crippen molar-refractivity contribution in [2.45, 2.75) is 35.4 Å². The minimum absolute atomic E-state index is 0.0901. The molecule has 0 atom stereocenters. The Balaban J connectivity index is 1.75. The number of carbonyl (C=O) groups is 1. The Hall–Kier alpha value is -2.17. The number of ether oxygens (including phenoxy) is 1. The summed E-state index contributed by atoms with van der Waals surface area (Å²) in [6.45, 7) is 0.583. The first-order valence-corrected chi connectivity index (χ1v) is 11.8. The van der Waals surface area contributed by atoms with Gasteiger partial charge >= 0.3 is 0 Å². The Morgan fingerprint density at radius 1 is 1.23 bits per heavy atom. The zero-order valence-electron chi connectivity index (χ0n) is 15.7. The van der Waals surface area contributed by atoms with E-state index < -0.39 is 44.4 Å². The number of hydrogen-bond acceptors (Lipinski definition) is 6. The van der Waals surface area contributed by atoms with Crippen LogP contribution in [0.5, 0.6) is 11.5 Å². The smallest absolute Gasteiger partial charge is 0.258 e. The maximum atomic E-state index is 15.1. The summed E-state index contributed by atoms with van der Waals surface area (Å²) in [5.74, 6) is -3.62. The van der Waals surface area contributed by atoms with Gasteiger partial charge < -0.3 is 20.3 Å². The van der Waals surface area contributed by atoms with Gasteiger partial charge in [-0.1, -0.05) is 15.9 Å². The molecule has 2 aliphatic rings. The molecule has 0 spiro atoms. The van der Waals surface area contributed by atoms with Crippen molar-refractivity contribution in [3.8, 4) is 11.5 Å². The van der Waals surface area contributed by atoms with Crippen LogP contribution in [0.1, 0.15) is 40.2 Å². The number of rotatable bonds is 6. The number of carbonyl (C=O) groups excluding carboxylic acids is 1. The topological polar surface area (TPSA) is 113 Å². The zero-order chi connectivity index (χ0) is 21.6. The lowest BCUT2D eigenvalue weighted by Crippen LogP contribution is -2.48. The van der Waals surface area contributed by atoms with Crippen LogP contribution in [0.15, 0.2) is 33.6 Å². The summed E-state index contributed by atoms with van der Waals surface area (Å²) >= 11 is 3.17. The van der Waals surface area contributed by atoms with Gasteiger partial charge in [-0.15, -0.1) is 0 Å². The van der Waals surface area contributed by atoms with E-state index in [-0.39, 0.29) is 28.0 Å². The average molecular weight is 500 g/mol. The number of phenols is 2. The van der Waals surface area contributed by atoms with Crippen LogP contribution in [0.25, 0.3) is 0 Å². The summed E-state index contributed by atoms with van der Waals surface area (Å²) in [7, 11) is -4.10. The first kappa shape index (κ1) is 21.1. The summed E-state index contributed by atoms with van der Waals surface area (Å²) in [4.78, 5) is 12.3. The molecule has 2 aromatic carbocycles. The predicted molar refractivity (Wildman–Crippen MR) is 109 cm³/mol. The first-order chi connectivity index (χ1) is 14.2. The lowest BCUT2D eigenvalue weighted by atomic mass is 9.99. The number of nitrogens with one attached hydrogen (secondary N) is 1. The molecule has 7 nitrogen and oxygen atoms in total. The van der Waals surface area contributed by atoms with E-state index in [1.54, 1.807) is 0 Å². The molecule has 1 heterocycles. The Kier molecular flexibility index (Phi) is 5.50. The molecule has 1 amide bonds. The standard InChI is InChI=1S/C20H19BrFNO6S/c21-12-3-4-15(24)16(6-12)30(27,28)9-11-5-14(10-1-2-10)18(22)17(19(11)25)20(26)23-13-7-29-8-13/h3-6,10,13,24-25H,1-2,7-9H2,(H,23,26). The minimum Gasteiger partial charge on any atom is -0.507 e. The molecule has 1 saturated heterocycles. The normalized spacial score (nSPS) is 16.9. The van der Waals surface area contributed by atoms with Crippen molar-refractivity contribution in [3.63, 3.8) is 0 Å². The highest BCUT2D eigenvalue weighted by Gasteiger charge is 2.34. The molecule has 2 fully saturated rings. The maximum absolute atomic E-state index is 15.1. The number of phenolic OH excluding ortho intramolecular Hbond substituents is 2. The third kappa shape index (κ3) is 4.03. The van der Waals surface area contributed by atoms with E-state index in [2.05, 4.69) is 21.2 Å². The molecule has 30 heavy (non-hydrogen) atoms. The van der Waals surface area contributed by atoms with E-state index in [9.17, 15) is 23.4 Å². The summed E-state index contributed by atoms with van der Waals surface area (Å²) in [5, 5.41) is 23.2. The summed E-state index contributed by atoms with van der Waals surface area (Å²) in [6.07, 6.45) is 1.44. The molecule has 160 valence electrons. The molecule has 2 aromatic rings. The second kappa shape index (κ2) is 7.82. The molecule has 0 bridgehead atoms. The Bertz CT molecular complexity index is 1130. The minimum atomic E-state index is -4.10. The van der Waals surface area contributed by atoms with Crippen LogP contribution in [0.3, 0.4) is 0 Å². The van der Waals surface area contributed by atoms with Crippen LogP contribution in [-0.4, -0.2) is 43.8 Å². The Morgan fingerprint density at radius 3 is 2.53 bits per heavy atom. The van der Waals surface area contributed by atoms with Gasteiger partial charge in [0.25, 0.3) is 5.91 Å². The van der Waals surface area contributed by atoms with E-state index in [1.807, 2.05) is 0 Å². The van der Waals surface area contributed by atoms with Crippen LogP contribution in [0, 0.1) is 5.82 Å². The average Bonchev–Trinajstić information content (AvgIpc) is 3.47. The van der Waals surface area contributed by atoms with E-state index in [0.29, 0.717) is 17.7 Å². The lowest BCUT2D eigenvalue weighted by molar-refractivity contribution is -0.00357. The zero-order valence-corrected chi connectivity index (χ0v) is 18.1. The van der Waals surface area contributed by atoms with Crippen molar-refractivity contribution in [1.82, 2.24) is 5.32 Å². The fourth-order valence-electron chi connectivity index (χ4n) is 3.33. The summed E-state index contributed by atoms with van der Waals surface area (Å²) in [6, 6.07) is 4.99. The Morgan fingerprint density at radius 2 is 1.93 bits per heavy atom. The fraction of sp³-hybridized carbons (Fsp3) is 0.350. The van der Waals surface area contributed by atoms with Crippen molar-refractivity contribution in [2.24, 2.45) is 0 Å². The molecule has 4 rings (SSSR count). The maximum Gasteiger partial charge on any atom is 0.258 e. The molecule has 1 aliphatic carbocycles. The molecule has 0 radical (unpaired) electrons. The largest absolute Gasteiger partial charge is 0.507 e. The van der Waals surface area contributed by atoms with E-state index in [1.165, 1.54) is 24.3 Å². The van der Waals surface area contributed by atoms with Crippen LogP contribution >= 0.6 is 15.9 Å². The highest BCUT2D eigenvalue weighted by Crippen LogP contribution is 2.45. The third-order valence-electron chi connectivity index (χ3n) is 5.16. The highest BCUT2D eigenvalue weighted by atomic mass is 79.9. The number of halogens is 2. The quantitative estimate of drug-likeness (QED) is 0.563. The first-order valence-electron chi connectivity index (χ1n) is 9.31. The van der Waals surface area contributed by atoms with Gasteiger partial charge in [-0.2, -0.15) is 0 Å². The molecular weight excluding hydrogens is 481 g/mol. The SMILES string of the molecule is O=C(NC1COC1)c1c(O)c(CS(=O)(=O)c2cc(Br)ccc2O)cc(C2CC2)c1F. The number of hydrogen-bond donors (Lipinski definition) is 3. The van der Waals surface area contributed by atoms with Gasteiger partial charge in [-0.3, -0.25) is 4.79 Å². The predicted octanol–water partition coefficient (Wildman–Crippen LogP) is 2.98. The number of sulfone groups is 1. The van der Waals surface area contributed by atoms with E-state index in [4.69, 9.17) is 4.74 Å². The molecule has 0 unspecified atom stereocenters. The molecule has 3 N–H and O–H groups in total. The molecule has 1 saturated carbocycles. The van der Waals surface area contributed by atoms with Crippen LogP contribution < -0.4 is 5.32 Å². The van der Waals surface area contributed by atoms with Crippen LogP contribution in [0.2, 0.25) is 0 Å². The fourth-order valence-corrected chi connectivity index (χ4v) is 5.32. The Labute approximate surface area is 180 Å². The van der Waals surface area contributed by atoms with Crippen molar-refractivity contribution in [3.05, 3.63) is 51.2 Å². The van der Waals surface area contributed by atoms with Gasteiger partial charge in [0.15, 0.2) is 9.84 Å². The second-order valence-corrected chi connectivity index (χ2v) is 10.4. The van der Waals surface area contributed by atoms with Crippen molar-refractivity contribution in [1.29, 1.82) is 0 Å². The number of benzene rings is 2. The number of amides is 1. The van der Waals surface area contributed by atoms with Crippen molar-refractivity contribution in [2.75, 3.05) is 13.2 Å². The van der Waals surface area contributed by atoms with Crippen LogP contribution in [0.4, 0.5) is 4.39 Å². The third-order valence-corrected chi connectivity index (χ3v) is 7.35. The monoisotopic (exact) mass is 499 g/mol. The second-order valence-electron chi connectivity index (χ2n) is 7.52. The lowest BCUT2D eigenvalue weighted by Gasteiger charge is -2.27. The van der Waals surface area contributed by atoms with Crippen molar-refractivity contribution >= 4 is 31.7 Å². The van der Waals surface area contributed by atoms with Gasteiger partial charge in [0.1, 0.15) is 27.8 Å². The van der Waals surface area contributed by atoms with Gasteiger partial charge in [-0.05, 0) is 48.6 Å². The van der Waals surface area contributed by atoms with E-state index >= 15 is 4.39 Å². The van der Waals surface area contributed by atoms with Gasteiger partial charge in [-0.25, -0.2) is 12.8 Å². The summed E-state index contributed by atoms with van der Waals surface area (Å²) < 4.78 is 46.3. The van der Waals surface area contributed by atoms with Gasteiger partial charge in [0.05, 0.1) is 25.0 Å². The van der Waals surface area contributed by atoms with Crippen molar-refractivity contribution < 1.29 is 32.6 Å². The van der Waals surface area contributed by atoms with Gasteiger partial charge in [0.2, 0.25) is 0 Å². The van der Waals surface area contributed by atoms with Crippen LogP contribution in [-0.2, 0) is 20.3 Å². The highest BCUT2D eigenvalue weighted by molar-refractivity contribution is 9.10. The molecule has 10 heteroatoms. The molecular formula is C20H19BrFNO6S. The molecule has 0 aromatic heterocycles. The van der Waals surface area contributed by atoms with Gasteiger partial charge in [0, 0.05) is 10.0 Å². The summed E-state index contributed by atoms with van der Waals surface area (Å²) in [5.41, 5.74) is -0.436. The number of aromatic hydroxyl groups is 2.